The van der Waals surface area contributed by atoms with Gasteiger partial charge in [0.1, 0.15) is 0 Å². The maximum Gasteiger partial charge on any atom is 0.0725 e. The van der Waals surface area contributed by atoms with Gasteiger partial charge in [-0.05, 0) is 92.3 Å². The Hall–Kier alpha value is -0.340. The van der Waals surface area contributed by atoms with E-state index in [1.54, 1.807) is 0 Å². The summed E-state index contributed by atoms with van der Waals surface area (Å²) in [6.07, 6.45) is 15.4. The molecule has 4 aliphatic rings. The van der Waals surface area contributed by atoms with Crippen LogP contribution in [0.2, 0.25) is 0 Å². The van der Waals surface area contributed by atoms with Crippen molar-refractivity contribution >= 4 is 0 Å². The van der Waals surface area contributed by atoms with Gasteiger partial charge >= 0.3 is 0 Å². The van der Waals surface area contributed by atoms with Crippen molar-refractivity contribution in [3.63, 3.8) is 0 Å². The van der Waals surface area contributed by atoms with Gasteiger partial charge in [-0.1, -0.05) is 26.0 Å². The van der Waals surface area contributed by atoms with E-state index in [1.807, 2.05) is 0 Å². The molecule has 0 aromatic rings. The predicted molar refractivity (Wildman–Crippen MR) is 92.9 cm³/mol. The first kappa shape index (κ1) is 16.1. The van der Waals surface area contributed by atoms with Gasteiger partial charge in [-0.25, -0.2) is 0 Å². The molecule has 2 heteroatoms. The van der Waals surface area contributed by atoms with E-state index in [1.165, 1.54) is 38.5 Å². The van der Waals surface area contributed by atoms with E-state index >= 15 is 0 Å². The standard InChI is InChI=1S/C21H34O2/c1-19-10-4-3-5-15(19)6-7-16-17(19)8-11-20(2)18(16)9-12-21(20,23)13-14-22/h4,10,15-18,22-23H,3,5-9,11-14H2,1-2H3/t15?,16-,17+,18+,19+,20+,21+/m1/s1. The Morgan fingerprint density at radius 1 is 1.00 bits per heavy atom. The molecule has 3 fully saturated rings. The van der Waals surface area contributed by atoms with Crippen molar-refractivity contribution in [3.8, 4) is 0 Å². The fourth-order valence-corrected chi connectivity index (χ4v) is 7.53. The van der Waals surface area contributed by atoms with Crippen LogP contribution in [-0.4, -0.2) is 22.4 Å². The molecule has 1 unspecified atom stereocenters. The van der Waals surface area contributed by atoms with Crippen LogP contribution in [0.4, 0.5) is 0 Å². The fraction of sp³-hybridized carbons (Fsp3) is 0.905. The molecule has 2 nitrogen and oxygen atoms in total. The van der Waals surface area contributed by atoms with E-state index in [-0.39, 0.29) is 12.0 Å². The van der Waals surface area contributed by atoms with Crippen LogP contribution in [0.1, 0.15) is 71.6 Å². The quantitative estimate of drug-likeness (QED) is 0.745. The molecule has 0 aromatic carbocycles. The van der Waals surface area contributed by atoms with Gasteiger partial charge in [0.25, 0.3) is 0 Å². The zero-order chi connectivity index (χ0) is 16.3. The maximum atomic E-state index is 11.3. The molecule has 0 amide bonds. The lowest BCUT2D eigenvalue weighted by molar-refractivity contribution is -0.143. The summed E-state index contributed by atoms with van der Waals surface area (Å²) in [4.78, 5) is 0. The molecule has 0 aromatic heterocycles. The largest absolute Gasteiger partial charge is 0.396 e. The first-order valence-electron chi connectivity index (χ1n) is 9.95. The Morgan fingerprint density at radius 3 is 2.57 bits per heavy atom. The highest BCUT2D eigenvalue weighted by atomic mass is 16.3. The molecule has 7 atom stereocenters. The number of hydrogen-bond donors (Lipinski definition) is 2. The topological polar surface area (TPSA) is 40.5 Å². The number of aliphatic hydroxyl groups excluding tert-OH is 1. The van der Waals surface area contributed by atoms with Gasteiger partial charge in [-0.15, -0.1) is 0 Å². The lowest BCUT2D eigenvalue weighted by Crippen LogP contribution is -2.55. The highest BCUT2D eigenvalue weighted by Crippen LogP contribution is 2.67. The van der Waals surface area contributed by atoms with E-state index in [9.17, 15) is 10.2 Å². The van der Waals surface area contributed by atoms with Gasteiger partial charge in [0.15, 0.2) is 0 Å². The van der Waals surface area contributed by atoms with Crippen LogP contribution in [0.15, 0.2) is 12.2 Å². The molecule has 0 heterocycles. The number of rotatable bonds is 2. The zero-order valence-corrected chi connectivity index (χ0v) is 14.9. The molecule has 4 aliphatic carbocycles. The van der Waals surface area contributed by atoms with Gasteiger partial charge in [0, 0.05) is 6.61 Å². The number of aliphatic hydroxyl groups is 2. The number of fused-ring (bicyclic) bond motifs is 5. The Morgan fingerprint density at radius 2 is 1.78 bits per heavy atom. The van der Waals surface area contributed by atoms with Crippen LogP contribution in [0, 0.1) is 34.5 Å². The first-order chi connectivity index (χ1) is 10.9. The highest BCUT2D eigenvalue weighted by Gasteiger charge is 2.63. The average Bonchev–Trinajstić information content (AvgIpc) is 2.79. The highest BCUT2D eigenvalue weighted by molar-refractivity contribution is 5.17. The Bertz CT molecular complexity index is 500. The summed E-state index contributed by atoms with van der Waals surface area (Å²) < 4.78 is 0. The molecule has 0 spiro atoms. The van der Waals surface area contributed by atoms with Crippen molar-refractivity contribution in [1.82, 2.24) is 0 Å². The minimum atomic E-state index is -0.627. The van der Waals surface area contributed by atoms with Crippen LogP contribution < -0.4 is 0 Å². The summed E-state index contributed by atoms with van der Waals surface area (Å²) in [7, 11) is 0. The van der Waals surface area contributed by atoms with Crippen molar-refractivity contribution in [2.24, 2.45) is 34.5 Å². The molecule has 0 aliphatic heterocycles. The monoisotopic (exact) mass is 318 g/mol. The van der Waals surface area contributed by atoms with Gasteiger partial charge in [0.05, 0.1) is 5.60 Å². The summed E-state index contributed by atoms with van der Waals surface area (Å²) in [6, 6.07) is 0. The summed E-state index contributed by atoms with van der Waals surface area (Å²) in [5.74, 6) is 3.14. The maximum absolute atomic E-state index is 11.3. The Labute approximate surface area is 141 Å². The predicted octanol–water partition coefficient (Wildman–Crippen LogP) is 4.31. The lowest BCUT2D eigenvalue weighted by atomic mass is 9.45. The lowest BCUT2D eigenvalue weighted by Gasteiger charge is -2.60. The van der Waals surface area contributed by atoms with E-state index in [2.05, 4.69) is 26.0 Å². The fourth-order valence-electron chi connectivity index (χ4n) is 7.53. The second-order valence-corrected chi connectivity index (χ2v) is 9.50. The molecule has 4 rings (SSSR count). The van der Waals surface area contributed by atoms with Gasteiger partial charge in [-0.3, -0.25) is 0 Å². The molecule has 23 heavy (non-hydrogen) atoms. The number of allylic oxidation sites excluding steroid dienone is 2. The van der Waals surface area contributed by atoms with Crippen LogP contribution in [0.25, 0.3) is 0 Å². The summed E-state index contributed by atoms with van der Waals surface area (Å²) in [5.41, 5.74) is -0.198. The smallest absolute Gasteiger partial charge is 0.0725 e. The van der Waals surface area contributed by atoms with Crippen molar-refractivity contribution < 1.29 is 10.2 Å². The van der Waals surface area contributed by atoms with E-state index in [4.69, 9.17) is 0 Å². The van der Waals surface area contributed by atoms with Gasteiger partial charge < -0.3 is 10.2 Å². The first-order valence-corrected chi connectivity index (χ1v) is 9.95. The van der Waals surface area contributed by atoms with Crippen LogP contribution >= 0.6 is 0 Å². The Kier molecular flexibility index (Phi) is 3.74. The van der Waals surface area contributed by atoms with Crippen LogP contribution in [0.5, 0.6) is 0 Å². The average molecular weight is 319 g/mol. The van der Waals surface area contributed by atoms with Crippen LogP contribution in [0.3, 0.4) is 0 Å². The second kappa shape index (κ2) is 5.33. The number of hydrogen-bond acceptors (Lipinski definition) is 2. The molecule has 0 radical (unpaired) electrons. The zero-order valence-electron chi connectivity index (χ0n) is 14.9. The van der Waals surface area contributed by atoms with E-state index in [0.29, 0.717) is 17.8 Å². The van der Waals surface area contributed by atoms with Crippen molar-refractivity contribution in [1.29, 1.82) is 0 Å². The molecular formula is C21H34O2. The second-order valence-electron chi connectivity index (χ2n) is 9.50. The third kappa shape index (κ3) is 2.07. The van der Waals surface area contributed by atoms with Gasteiger partial charge in [-0.2, -0.15) is 0 Å². The SMILES string of the molecule is C[C@]12C=CCCC1CC[C@@H]1[C@@H]2CC[C@@]2(C)[C@H]1CC[C@]2(O)CCO. The van der Waals surface area contributed by atoms with Crippen molar-refractivity contribution in [2.75, 3.05) is 6.61 Å². The van der Waals surface area contributed by atoms with Crippen LogP contribution in [-0.2, 0) is 0 Å². The molecule has 2 N–H and O–H groups in total. The van der Waals surface area contributed by atoms with Crippen molar-refractivity contribution in [3.05, 3.63) is 12.2 Å². The summed E-state index contributed by atoms with van der Waals surface area (Å²) in [5, 5.41) is 20.7. The molecule has 130 valence electrons. The molecular weight excluding hydrogens is 284 g/mol. The van der Waals surface area contributed by atoms with E-state index < -0.39 is 5.60 Å². The third-order valence-electron chi connectivity index (χ3n) is 8.97. The summed E-state index contributed by atoms with van der Waals surface area (Å²) in [6.45, 7) is 4.98. The van der Waals surface area contributed by atoms with E-state index in [0.717, 1.165) is 30.6 Å². The minimum absolute atomic E-state index is 0.0263. The summed E-state index contributed by atoms with van der Waals surface area (Å²) >= 11 is 0. The Balaban J connectivity index is 1.65. The van der Waals surface area contributed by atoms with Gasteiger partial charge in [0.2, 0.25) is 0 Å². The normalized spacial score (nSPS) is 55.1. The van der Waals surface area contributed by atoms with Crippen molar-refractivity contribution in [2.45, 2.75) is 77.2 Å². The molecule has 0 saturated heterocycles. The third-order valence-corrected chi connectivity index (χ3v) is 8.97. The minimum Gasteiger partial charge on any atom is -0.396 e. The molecule has 3 saturated carbocycles. The molecule has 0 bridgehead atoms.